The number of thiocarbonyl (C=S) groups is 1. The van der Waals surface area contributed by atoms with Crippen molar-refractivity contribution in [2.75, 3.05) is 25.1 Å². The van der Waals surface area contributed by atoms with Gasteiger partial charge in [0.25, 0.3) is 5.91 Å². The smallest absolute Gasteiger partial charge is 0.257 e. The maximum atomic E-state index is 12.6. The largest absolute Gasteiger partial charge is 0.492 e. The van der Waals surface area contributed by atoms with Crippen molar-refractivity contribution in [1.82, 2.24) is 10.0 Å². The van der Waals surface area contributed by atoms with Crippen LogP contribution in [-0.2, 0) is 14.8 Å². The maximum absolute atomic E-state index is 12.6. The molecule has 2 aromatic rings. The van der Waals surface area contributed by atoms with E-state index in [-0.39, 0.29) is 28.6 Å². The number of ether oxygens (including phenoxy) is 2. The second-order valence-corrected chi connectivity index (χ2v) is 11.6. The lowest BCUT2D eigenvalue weighted by Gasteiger charge is -2.13. The van der Waals surface area contributed by atoms with Crippen LogP contribution in [0.1, 0.15) is 43.5 Å². The normalized spacial score (nSPS) is 15.7. The summed E-state index contributed by atoms with van der Waals surface area (Å²) >= 11 is 8.68. The van der Waals surface area contributed by atoms with Gasteiger partial charge in [-0.3, -0.25) is 10.1 Å². The zero-order valence-electron chi connectivity index (χ0n) is 19.7. The molecule has 1 unspecified atom stereocenters. The third-order valence-corrected chi connectivity index (χ3v) is 7.58. The number of nitrogens with one attached hydrogen (secondary N) is 3. The number of sulfonamides is 1. The fraction of sp³-hybridized carbons (Fsp3) is 0.417. The average molecular weight is 585 g/mol. The van der Waals surface area contributed by atoms with Gasteiger partial charge in [-0.05, 0) is 95.8 Å². The molecule has 190 valence electrons. The molecule has 1 fully saturated rings. The molecule has 2 aromatic carbocycles. The van der Waals surface area contributed by atoms with Gasteiger partial charge in [-0.1, -0.05) is 13.8 Å². The molecule has 1 aliphatic rings. The van der Waals surface area contributed by atoms with Crippen LogP contribution in [0.3, 0.4) is 0 Å². The quantitative estimate of drug-likeness (QED) is 0.354. The Morgan fingerprint density at radius 3 is 2.60 bits per heavy atom. The number of benzene rings is 2. The average Bonchev–Trinajstić information content (AvgIpc) is 3.33. The minimum absolute atomic E-state index is 0.0825. The van der Waals surface area contributed by atoms with E-state index in [4.69, 9.17) is 21.7 Å². The van der Waals surface area contributed by atoms with Crippen LogP contribution in [0.15, 0.2) is 51.8 Å². The van der Waals surface area contributed by atoms with Gasteiger partial charge < -0.3 is 14.8 Å². The van der Waals surface area contributed by atoms with Crippen LogP contribution in [0.25, 0.3) is 0 Å². The molecule has 1 heterocycles. The second kappa shape index (κ2) is 12.8. The molecule has 0 radical (unpaired) electrons. The van der Waals surface area contributed by atoms with Crippen LogP contribution in [0.5, 0.6) is 5.75 Å². The Morgan fingerprint density at radius 1 is 1.23 bits per heavy atom. The summed E-state index contributed by atoms with van der Waals surface area (Å²) in [7, 11) is -3.64. The molecule has 3 rings (SSSR count). The molecule has 8 nitrogen and oxygen atoms in total. The number of amides is 1. The van der Waals surface area contributed by atoms with Crippen molar-refractivity contribution in [2.24, 2.45) is 5.92 Å². The standard InChI is InChI=1S/C24H30BrN3O5S2/c1-16(2)11-13-33-22-10-5-17(14-21(22)25)23(29)28-24(34)27-18-6-8-20(9-7-18)35(30,31)26-15-19-4-3-12-32-19/h5-10,14,16,19,26H,3-4,11-13,15H2,1-2H3,(H2,27,28,29,34). The fourth-order valence-electron chi connectivity index (χ4n) is 3.31. The molecule has 35 heavy (non-hydrogen) atoms. The van der Waals surface area contributed by atoms with E-state index in [0.717, 1.165) is 19.3 Å². The molecule has 1 amide bonds. The van der Waals surface area contributed by atoms with E-state index in [1.807, 2.05) is 0 Å². The molecule has 1 atom stereocenters. The second-order valence-electron chi connectivity index (χ2n) is 8.60. The van der Waals surface area contributed by atoms with E-state index in [1.165, 1.54) is 12.1 Å². The summed E-state index contributed by atoms with van der Waals surface area (Å²) in [5.74, 6) is 0.832. The number of anilines is 1. The van der Waals surface area contributed by atoms with Crippen molar-refractivity contribution >= 4 is 54.9 Å². The van der Waals surface area contributed by atoms with Gasteiger partial charge in [0.05, 0.1) is 22.1 Å². The van der Waals surface area contributed by atoms with Crippen LogP contribution in [0.4, 0.5) is 5.69 Å². The highest BCUT2D eigenvalue weighted by atomic mass is 79.9. The Morgan fingerprint density at radius 2 is 1.97 bits per heavy atom. The summed E-state index contributed by atoms with van der Waals surface area (Å²) in [6.45, 7) is 5.77. The van der Waals surface area contributed by atoms with Gasteiger partial charge in [0.1, 0.15) is 5.75 Å². The number of carbonyl (C=O) groups is 1. The summed E-state index contributed by atoms with van der Waals surface area (Å²) in [6, 6.07) is 11.2. The van der Waals surface area contributed by atoms with E-state index in [2.05, 4.69) is 45.1 Å². The number of hydrogen-bond acceptors (Lipinski definition) is 6. The van der Waals surface area contributed by atoms with Gasteiger partial charge in [-0.25, -0.2) is 13.1 Å². The molecule has 0 aromatic heterocycles. The van der Waals surface area contributed by atoms with Crippen molar-refractivity contribution in [3.8, 4) is 5.75 Å². The Hall–Kier alpha value is -2.05. The van der Waals surface area contributed by atoms with Crippen molar-refractivity contribution in [3.63, 3.8) is 0 Å². The van der Waals surface area contributed by atoms with Gasteiger partial charge in [-0.2, -0.15) is 0 Å². The summed E-state index contributed by atoms with van der Waals surface area (Å²) in [6.07, 6.45) is 2.65. The van der Waals surface area contributed by atoms with E-state index >= 15 is 0 Å². The lowest BCUT2D eigenvalue weighted by molar-refractivity contribution is 0.0977. The first-order valence-corrected chi connectivity index (χ1v) is 14.1. The third-order valence-electron chi connectivity index (χ3n) is 5.32. The SMILES string of the molecule is CC(C)CCOc1ccc(C(=O)NC(=S)Nc2ccc(S(=O)(=O)NCC3CCCO3)cc2)cc1Br. The van der Waals surface area contributed by atoms with Gasteiger partial charge in [0.15, 0.2) is 5.11 Å². The van der Waals surface area contributed by atoms with E-state index in [0.29, 0.717) is 40.6 Å². The van der Waals surface area contributed by atoms with Crippen molar-refractivity contribution < 1.29 is 22.7 Å². The van der Waals surface area contributed by atoms with Crippen molar-refractivity contribution in [2.45, 2.75) is 44.1 Å². The lowest BCUT2D eigenvalue weighted by atomic mass is 10.1. The summed E-state index contributed by atoms with van der Waals surface area (Å²) in [4.78, 5) is 12.7. The van der Waals surface area contributed by atoms with Gasteiger partial charge in [0.2, 0.25) is 10.0 Å². The molecule has 11 heteroatoms. The molecule has 0 spiro atoms. The van der Waals surface area contributed by atoms with Crippen molar-refractivity contribution in [1.29, 1.82) is 0 Å². The minimum atomic E-state index is -3.64. The molecule has 1 aliphatic heterocycles. The van der Waals surface area contributed by atoms with Gasteiger partial charge in [0, 0.05) is 24.4 Å². The highest BCUT2D eigenvalue weighted by Gasteiger charge is 2.20. The molecule has 1 saturated heterocycles. The van der Waals surface area contributed by atoms with E-state index < -0.39 is 10.0 Å². The topological polar surface area (TPSA) is 106 Å². The molecule has 0 aliphatic carbocycles. The zero-order chi connectivity index (χ0) is 25.4. The minimum Gasteiger partial charge on any atom is -0.492 e. The Balaban J connectivity index is 1.51. The maximum Gasteiger partial charge on any atom is 0.257 e. The predicted molar refractivity (Wildman–Crippen MR) is 143 cm³/mol. The number of rotatable bonds is 10. The highest BCUT2D eigenvalue weighted by molar-refractivity contribution is 9.10. The number of halogens is 1. The summed E-state index contributed by atoms with van der Waals surface area (Å²) < 4.78 is 39.4. The van der Waals surface area contributed by atoms with Gasteiger partial charge in [-0.15, -0.1) is 0 Å². The Bertz CT molecular complexity index is 1130. The first kappa shape index (κ1) is 27.5. The van der Waals surface area contributed by atoms with Crippen molar-refractivity contribution in [3.05, 3.63) is 52.5 Å². The molecule has 0 bridgehead atoms. The van der Waals surface area contributed by atoms with E-state index in [9.17, 15) is 13.2 Å². The Labute approximate surface area is 220 Å². The monoisotopic (exact) mass is 583 g/mol. The number of hydrogen-bond donors (Lipinski definition) is 3. The third kappa shape index (κ3) is 8.53. The van der Waals surface area contributed by atoms with E-state index in [1.54, 1.807) is 30.3 Å². The van der Waals surface area contributed by atoms with Gasteiger partial charge >= 0.3 is 0 Å². The van der Waals surface area contributed by atoms with Crippen LogP contribution in [0, 0.1) is 5.92 Å². The first-order chi connectivity index (χ1) is 16.6. The fourth-order valence-corrected chi connectivity index (χ4v) is 5.08. The highest BCUT2D eigenvalue weighted by Crippen LogP contribution is 2.26. The predicted octanol–water partition coefficient (Wildman–Crippen LogP) is 4.46. The number of carbonyl (C=O) groups excluding carboxylic acids is 1. The summed E-state index contributed by atoms with van der Waals surface area (Å²) in [5, 5.41) is 5.60. The summed E-state index contributed by atoms with van der Waals surface area (Å²) in [5.41, 5.74) is 0.958. The lowest BCUT2D eigenvalue weighted by Crippen LogP contribution is -2.34. The molecular formula is C24H30BrN3O5S2. The van der Waals surface area contributed by atoms with Crippen LogP contribution < -0.4 is 20.1 Å². The molecule has 3 N–H and O–H groups in total. The van der Waals surface area contributed by atoms with Crippen LogP contribution in [0.2, 0.25) is 0 Å². The van der Waals surface area contributed by atoms with Crippen LogP contribution >= 0.6 is 28.1 Å². The molecular weight excluding hydrogens is 554 g/mol. The first-order valence-electron chi connectivity index (χ1n) is 11.4. The zero-order valence-corrected chi connectivity index (χ0v) is 22.9. The molecule has 0 saturated carbocycles. The van der Waals surface area contributed by atoms with Crippen LogP contribution in [-0.4, -0.2) is 45.3 Å². The Kier molecular flexibility index (Phi) is 10.0.